The lowest BCUT2D eigenvalue weighted by molar-refractivity contribution is -0.318. The fourth-order valence-corrected chi connectivity index (χ4v) is 8.59. The van der Waals surface area contributed by atoms with Crippen molar-refractivity contribution in [1.82, 2.24) is 4.90 Å². The molecule has 300 valence electrons. The summed E-state index contributed by atoms with van der Waals surface area (Å²) < 4.78 is 37.2. The van der Waals surface area contributed by atoms with Gasteiger partial charge in [0, 0.05) is 31.4 Å². The Hall–Kier alpha value is -1.01. The number of hydrogen-bond acceptors (Lipinski definition) is 14. The van der Waals surface area contributed by atoms with Gasteiger partial charge in [-0.2, -0.15) is 0 Å². The summed E-state index contributed by atoms with van der Waals surface area (Å²) in [5.41, 5.74) is -4.71. The van der Waals surface area contributed by atoms with Gasteiger partial charge in [0.05, 0.1) is 53.7 Å². The van der Waals surface area contributed by atoms with Gasteiger partial charge in [0.15, 0.2) is 12.6 Å². The van der Waals surface area contributed by atoms with Crippen LogP contribution in [-0.4, -0.2) is 153 Å². The lowest BCUT2D eigenvalue weighted by Crippen LogP contribution is -2.61. The fourth-order valence-electron chi connectivity index (χ4n) is 8.59. The van der Waals surface area contributed by atoms with E-state index in [4.69, 9.17) is 28.4 Å². The monoisotopic (exact) mass is 735 g/mol. The van der Waals surface area contributed by atoms with Crippen molar-refractivity contribution in [3.63, 3.8) is 0 Å². The van der Waals surface area contributed by atoms with E-state index in [0.717, 1.165) is 0 Å². The van der Waals surface area contributed by atoms with Crippen molar-refractivity contribution < 1.29 is 63.9 Å². The molecule has 0 aromatic carbocycles. The van der Waals surface area contributed by atoms with Crippen molar-refractivity contribution in [3.05, 3.63) is 0 Å². The van der Waals surface area contributed by atoms with Gasteiger partial charge < -0.3 is 64.0 Å². The van der Waals surface area contributed by atoms with Crippen LogP contribution in [0.1, 0.15) is 94.9 Å². The van der Waals surface area contributed by atoms with E-state index >= 15 is 0 Å². The number of aliphatic hydroxyl groups excluding tert-OH is 4. The number of esters is 1. The maximum absolute atomic E-state index is 14.1. The van der Waals surface area contributed by atoms with Crippen LogP contribution in [0.2, 0.25) is 0 Å². The molecule has 3 rings (SSSR count). The summed E-state index contributed by atoms with van der Waals surface area (Å²) in [6.07, 6.45) is -10.5. The predicted molar refractivity (Wildman–Crippen MR) is 187 cm³/mol. The number of methoxy groups -OCH3 is 1. The number of carbonyl (C=O) groups excluding carboxylic acids is 1. The van der Waals surface area contributed by atoms with Gasteiger partial charge in [-0.15, -0.1) is 0 Å². The van der Waals surface area contributed by atoms with Crippen molar-refractivity contribution in [3.8, 4) is 0 Å². The minimum Gasteiger partial charge on any atom is -0.459 e. The van der Waals surface area contributed by atoms with Crippen LogP contribution in [0.25, 0.3) is 0 Å². The van der Waals surface area contributed by atoms with Crippen LogP contribution < -0.4 is 0 Å². The third-order valence-electron chi connectivity index (χ3n) is 12.0. The molecule has 0 aromatic rings. The zero-order valence-electron chi connectivity index (χ0n) is 33.1. The molecule has 3 fully saturated rings. The number of nitrogens with zero attached hydrogens (tertiary/aromatic N) is 1. The molecule has 0 aromatic heterocycles. The van der Waals surface area contributed by atoms with E-state index in [2.05, 4.69) is 0 Å². The Morgan fingerprint density at radius 1 is 0.863 bits per heavy atom. The average molecular weight is 736 g/mol. The molecule has 51 heavy (non-hydrogen) atoms. The maximum atomic E-state index is 14.1. The molecule has 3 heterocycles. The lowest BCUT2D eigenvalue weighted by Gasteiger charge is -2.49. The van der Waals surface area contributed by atoms with Crippen LogP contribution in [0.4, 0.5) is 0 Å². The summed E-state index contributed by atoms with van der Waals surface area (Å²) in [5, 5.41) is 69.3. The molecule has 3 aliphatic rings. The smallest absolute Gasteiger partial charge is 0.311 e. The Morgan fingerprint density at radius 3 is 2.02 bits per heavy atom. The van der Waals surface area contributed by atoms with Crippen LogP contribution >= 0.6 is 0 Å². The minimum atomic E-state index is -1.93. The summed E-state index contributed by atoms with van der Waals surface area (Å²) in [5.74, 6) is -4.11. The summed E-state index contributed by atoms with van der Waals surface area (Å²) in [7, 11) is 5.20. The number of carbonyl (C=O) groups is 1. The first-order valence-corrected chi connectivity index (χ1v) is 18.6. The molecule has 6 N–H and O–H groups in total. The van der Waals surface area contributed by atoms with Gasteiger partial charge >= 0.3 is 5.97 Å². The van der Waals surface area contributed by atoms with E-state index < -0.39 is 108 Å². The topological polar surface area (TPSA) is 197 Å². The predicted octanol–water partition coefficient (Wildman–Crippen LogP) is 1.58. The number of cyclic esters (lactones) is 1. The number of ether oxygens (including phenoxy) is 6. The quantitative estimate of drug-likeness (QED) is 0.206. The van der Waals surface area contributed by atoms with Crippen LogP contribution in [0, 0.1) is 23.7 Å². The number of rotatable bonds is 7. The van der Waals surface area contributed by atoms with Gasteiger partial charge in [0.2, 0.25) is 0 Å². The first-order valence-electron chi connectivity index (χ1n) is 18.6. The van der Waals surface area contributed by atoms with Crippen molar-refractivity contribution in [2.75, 3.05) is 21.2 Å². The first-order chi connectivity index (χ1) is 23.4. The highest BCUT2D eigenvalue weighted by Gasteiger charge is 2.53. The molecule has 0 amide bonds. The molecule has 3 saturated heterocycles. The third kappa shape index (κ3) is 9.63. The molecule has 19 atom stereocenters. The molecular weight excluding hydrogens is 666 g/mol. The minimum absolute atomic E-state index is 0.0362. The summed E-state index contributed by atoms with van der Waals surface area (Å²) in [6.45, 7) is 16.7. The van der Waals surface area contributed by atoms with Crippen LogP contribution in [0.3, 0.4) is 0 Å². The fraction of sp³-hybridized carbons (Fsp3) is 0.973. The molecular formula is C37H69NO13. The largest absolute Gasteiger partial charge is 0.459 e. The van der Waals surface area contributed by atoms with E-state index in [1.807, 2.05) is 25.9 Å². The second-order valence-electron chi connectivity index (χ2n) is 16.7. The number of likely N-dealkylation sites (N-methyl/N-ethyl adjacent to an activating group) is 1. The Labute approximate surface area is 304 Å². The van der Waals surface area contributed by atoms with Crippen LogP contribution in [0.15, 0.2) is 0 Å². The lowest BCUT2D eigenvalue weighted by atomic mass is 9.73. The SMILES string of the molecule is CC[C@H]1OC(=O)[C@H](C)[C@@H](O[C@H]2C[C@@](C)(OC)[C@@H](O)[C@H](C)O2)[C@H](C)[C@@H](O[C@@H]2O[C@H](C)C[C@H](N(C)C)[C@H]2O)[C@](C)(O)C[C@@H](C)[C@@H](O)[C@H](C)[C@@H](O)[C@]1(C)O. The van der Waals surface area contributed by atoms with Crippen LogP contribution in [0.5, 0.6) is 0 Å². The van der Waals surface area contributed by atoms with Crippen molar-refractivity contribution in [2.24, 2.45) is 23.7 Å². The summed E-state index contributed by atoms with van der Waals surface area (Å²) in [4.78, 5) is 16.0. The third-order valence-corrected chi connectivity index (χ3v) is 12.0. The van der Waals surface area contributed by atoms with Gasteiger partial charge in [-0.1, -0.05) is 27.7 Å². The van der Waals surface area contributed by atoms with Gasteiger partial charge in [-0.25, -0.2) is 0 Å². The molecule has 14 heteroatoms. The van der Waals surface area contributed by atoms with E-state index in [9.17, 15) is 35.4 Å². The highest BCUT2D eigenvalue weighted by Crippen LogP contribution is 2.41. The zero-order valence-corrected chi connectivity index (χ0v) is 33.1. The standard InChI is InChI=1S/C37H69NO13/c1-14-25-37(10,45)30(41)20(4)27(39)18(2)16-35(8,44)32(51-34-28(40)24(38(11)12)15-19(3)47-34)21(5)29(22(6)33(43)49-25)50-26-17-36(9,46-13)31(42)23(7)48-26/h18-32,34,39-42,44-45H,14-17H2,1-13H3/t18-,19-,20+,21+,22-,23+,24+,25-,26+,27-,28-,29+,30-,31+,32-,34+,35-,36-,37-/m1/s1. The maximum Gasteiger partial charge on any atom is 0.311 e. The van der Waals surface area contributed by atoms with Crippen molar-refractivity contribution >= 4 is 5.97 Å². The second kappa shape index (κ2) is 17.2. The van der Waals surface area contributed by atoms with Crippen LogP contribution in [-0.2, 0) is 33.2 Å². The van der Waals surface area contributed by atoms with E-state index in [0.29, 0.717) is 6.42 Å². The Morgan fingerprint density at radius 2 is 1.47 bits per heavy atom. The molecule has 0 radical (unpaired) electrons. The van der Waals surface area contributed by atoms with Crippen molar-refractivity contribution in [1.29, 1.82) is 0 Å². The molecule has 3 aliphatic heterocycles. The summed E-state index contributed by atoms with van der Waals surface area (Å²) in [6, 6.07) is -0.310. The second-order valence-corrected chi connectivity index (χ2v) is 16.7. The zero-order chi connectivity index (χ0) is 39.0. The van der Waals surface area contributed by atoms with Gasteiger partial charge in [-0.3, -0.25) is 4.79 Å². The average Bonchev–Trinajstić information content (AvgIpc) is 3.05. The van der Waals surface area contributed by atoms with Gasteiger partial charge in [0.1, 0.15) is 23.9 Å². The number of aliphatic hydroxyl groups is 6. The Kier molecular flexibility index (Phi) is 15.0. The van der Waals surface area contributed by atoms with E-state index in [1.54, 1.807) is 55.4 Å². The molecule has 0 unspecified atom stereocenters. The first kappa shape index (κ1) is 44.4. The van der Waals surface area contributed by atoms with Gasteiger partial charge in [-0.05, 0) is 80.8 Å². The van der Waals surface area contributed by atoms with Gasteiger partial charge in [0.25, 0.3) is 0 Å². The highest BCUT2D eigenvalue weighted by molar-refractivity contribution is 5.73. The van der Waals surface area contributed by atoms with Crippen molar-refractivity contribution in [2.45, 2.75) is 185 Å². The normalized spacial score (nSPS) is 51.2. The molecule has 0 bridgehead atoms. The molecule has 0 aliphatic carbocycles. The molecule has 14 nitrogen and oxygen atoms in total. The Balaban J connectivity index is 2.18. The highest BCUT2D eigenvalue weighted by atomic mass is 16.7. The van der Waals surface area contributed by atoms with E-state index in [1.165, 1.54) is 14.0 Å². The Bertz CT molecular complexity index is 1120. The molecule has 0 spiro atoms. The molecule has 0 saturated carbocycles. The number of hydrogen-bond donors (Lipinski definition) is 6. The van der Waals surface area contributed by atoms with E-state index in [-0.39, 0.29) is 31.4 Å². The summed E-state index contributed by atoms with van der Waals surface area (Å²) >= 11 is 0.